The van der Waals surface area contributed by atoms with Crippen LogP contribution in [0.25, 0.3) is 0 Å². The van der Waals surface area contributed by atoms with Crippen LogP contribution in [0, 0.1) is 0 Å². The standard InChI is InChI=1S/C8H19N3O.C2H6/c1-4-9-8(12)10-6-5-7-11(2)3;1-2/h4-7H2,1-3H3,(H2,9,10,12);1-2H3. The van der Waals surface area contributed by atoms with Crippen LogP contribution >= 0.6 is 0 Å². The molecule has 0 aliphatic rings. The monoisotopic (exact) mass is 203 g/mol. The average Bonchev–Trinajstić information content (AvgIpc) is 2.16. The highest BCUT2D eigenvalue weighted by molar-refractivity contribution is 5.73. The highest BCUT2D eigenvalue weighted by atomic mass is 16.2. The summed E-state index contributed by atoms with van der Waals surface area (Å²) in [6, 6.07) is -0.0729. The predicted molar refractivity (Wildman–Crippen MR) is 61.6 cm³/mol. The minimum absolute atomic E-state index is 0.0729. The first-order valence-electron chi connectivity index (χ1n) is 5.33. The van der Waals surface area contributed by atoms with Crippen molar-refractivity contribution in [2.45, 2.75) is 27.2 Å². The molecule has 0 aliphatic carbocycles. The summed E-state index contributed by atoms with van der Waals surface area (Å²) >= 11 is 0. The Labute approximate surface area is 88.1 Å². The fourth-order valence-electron chi connectivity index (χ4n) is 0.820. The number of nitrogens with one attached hydrogen (secondary N) is 2. The molecule has 0 rings (SSSR count). The summed E-state index contributed by atoms with van der Waals surface area (Å²) in [6.07, 6.45) is 0.990. The van der Waals surface area contributed by atoms with Gasteiger partial charge in [-0.1, -0.05) is 13.8 Å². The van der Waals surface area contributed by atoms with E-state index in [0.717, 1.165) is 19.5 Å². The van der Waals surface area contributed by atoms with Gasteiger partial charge >= 0.3 is 6.03 Å². The van der Waals surface area contributed by atoms with E-state index < -0.39 is 0 Å². The van der Waals surface area contributed by atoms with E-state index in [1.165, 1.54) is 0 Å². The summed E-state index contributed by atoms with van der Waals surface area (Å²) in [5.74, 6) is 0. The molecule has 0 saturated heterocycles. The summed E-state index contributed by atoms with van der Waals surface area (Å²) in [4.78, 5) is 12.9. The van der Waals surface area contributed by atoms with Crippen LogP contribution in [0.2, 0.25) is 0 Å². The van der Waals surface area contributed by atoms with Crippen LogP contribution in [0.5, 0.6) is 0 Å². The molecule has 86 valence electrons. The zero-order valence-corrected chi connectivity index (χ0v) is 10.2. The smallest absolute Gasteiger partial charge is 0.314 e. The lowest BCUT2D eigenvalue weighted by Crippen LogP contribution is -2.36. The quantitative estimate of drug-likeness (QED) is 0.661. The third kappa shape index (κ3) is 13.8. The largest absolute Gasteiger partial charge is 0.338 e. The van der Waals surface area contributed by atoms with Gasteiger partial charge in [0.1, 0.15) is 0 Å². The first-order valence-corrected chi connectivity index (χ1v) is 5.33. The van der Waals surface area contributed by atoms with Gasteiger partial charge in [-0.25, -0.2) is 4.79 Å². The molecule has 0 heterocycles. The first-order chi connectivity index (χ1) is 6.66. The number of hydrogen-bond acceptors (Lipinski definition) is 2. The van der Waals surface area contributed by atoms with E-state index in [9.17, 15) is 4.79 Å². The zero-order valence-electron chi connectivity index (χ0n) is 10.2. The van der Waals surface area contributed by atoms with Crippen molar-refractivity contribution in [1.29, 1.82) is 0 Å². The molecule has 0 aromatic carbocycles. The first kappa shape index (κ1) is 15.7. The maximum Gasteiger partial charge on any atom is 0.314 e. The maximum atomic E-state index is 10.9. The Morgan fingerprint density at radius 1 is 1.21 bits per heavy atom. The Kier molecular flexibility index (Phi) is 13.7. The molecule has 2 N–H and O–H groups in total. The second kappa shape index (κ2) is 12.2. The SMILES string of the molecule is CC.CCNC(=O)NCCCN(C)C. The van der Waals surface area contributed by atoms with Crippen molar-refractivity contribution in [2.24, 2.45) is 0 Å². The molecular weight excluding hydrogens is 178 g/mol. The van der Waals surface area contributed by atoms with Gasteiger partial charge in [0.05, 0.1) is 0 Å². The summed E-state index contributed by atoms with van der Waals surface area (Å²) in [5.41, 5.74) is 0. The topological polar surface area (TPSA) is 44.4 Å². The van der Waals surface area contributed by atoms with Crippen molar-refractivity contribution in [2.75, 3.05) is 33.7 Å². The number of hydrogen-bond donors (Lipinski definition) is 2. The number of carbonyl (C=O) groups excluding carboxylic acids is 1. The third-order valence-corrected chi connectivity index (χ3v) is 1.40. The molecule has 14 heavy (non-hydrogen) atoms. The Balaban J connectivity index is 0. The Bertz CT molecular complexity index is 127. The molecule has 0 atom stereocenters. The van der Waals surface area contributed by atoms with Gasteiger partial charge in [0.2, 0.25) is 0 Å². The van der Waals surface area contributed by atoms with Crippen LogP contribution in [-0.4, -0.2) is 44.7 Å². The number of nitrogens with zero attached hydrogens (tertiary/aromatic N) is 1. The van der Waals surface area contributed by atoms with Crippen molar-refractivity contribution in [1.82, 2.24) is 15.5 Å². The normalized spacial score (nSPS) is 9.00. The van der Waals surface area contributed by atoms with Gasteiger partial charge in [-0.05, 0) is 34.0 Å². The van der Waals surface area contributed by atoms with Gasteiger partial charge in [-0.3, -0.25) is 0 Å². The highest BCUT2D eigenvalue weighted by Gasteiger charge is 1.95. The zero-order chi connectivity index (χ0) is 11.4. The molecule has 4 heteroatoms. The highest BCUT2D eigenvalue weighted by Crippen LogP contribution is 1.80. The molecule has 0 aliphatic heterocycles. The molecule has 0 aromatic rings. The van der Waals surface area contributed by atoms with Crippen LogP contribution in [0.15, 0.2) is 0 Å². The van der Waals surface area contributed by atoms with Gasteiger partial charge in [0, 0.05) is 13.1 Å². The van der Waals surface area contributed by atoms with Crippen molar-refractivity contribution in [3.63, 3.8) is 0 Å². The average molecular weight is 203 g/mol. The van der Waals surface area contributed by atoms with Gasteiger partial charge in [0.25, 0.3) is 0 Å². The number of amides is 2. The summed E-state index contributed by atoms with van der Waals surface area (Å²) in [6.45, 7) is 8.33. The van der Waals surface area contributed by atoms with Gasteiger partial charge in [-0.2, -0.15) is 0 Å². The van der Waals surface area contributed by atoms with Crippen molar-refractivity contribution >= 4 is 6.03 Å². The maximum absolute atomic E-state index is 10.9. The molecule has 0 unspecified atom stereocenters. The molecular formula is C10H25N3O. The minimum Gasteiger partial charge on any atom is -0.338 e. The van der Waals surface area contributed by atoms with Crippen molar-refractivity contribution in [3.05, 3.63) is 0 Å². The fourth-order valence-corrected chi connectivity index (χ4v) is 0.820. The van der Waals surface area contributed by atoms with Crippen molar-refractivity contribution in [3.8, 4) is 0 Å². The van der Waals surface area contributed by atoms with Crippen LogP contribution in [0.3, 0.4) is 0 Å². The van der Waals surface area contributed by atoms with Crippen LogP contribution in [0.4, 0.5) is 4.79 Å². The number of rotatable bonds is 5. The molecule has 4 nitrogen and oxygen atoms in total. The lowest BCUT2D eigenvalue weighted by molar-refractivity contribution is 0.240. The molecule has 0 spiro atoms. The van der Waals surface area contributed by atoms with Crippen LogP contribution < -0.4 is 10.6 Å². The summed E-state index contributed by atoms with van der Waals surface area (Å²) in [5, 5.41) is 5.43. The van der Waals surface area contributed by atoms with E-state index >= 15 is 0 Å². The van der Waals surface area contributed by atoms with Crippen LogP contribution in [-0.2, 0) is 0 Å². The predicted octanol–water partition coefficient (Wildman–Crippen LogP) is 1.28. The van der Waals surface area contributed by atoms with E-state index in [2.05, 4.69) is 15.5 Å². The van der Waals surface area contributed by atoms with Crippen molar-refractivity contribution < 1.29 is 4.79 Å². The van der Waals surface area contributed by atoms with E-state index in [0.29, 0.717) is 6.54 Å². The lowest BCUT2D eigenvalue weighted by Gasteiger charge is -2.09. The summed E-state index contributed by atoms with van der Waals surface area (Å²) < 4.78 is 0. The molecule has 0 aromatic heterocycles. The van der Waals surface area contributed by atoms with E-state index in [1.807, 2.05) is 34.9 Å². The molecule has 0 bridgehead atoms. The lowest BCUT2D eigenvalue weighted by atomic mass is 10.4. The fraction of sp³-hybridized carbons (Fsp3) is 0.900. The van der Waals surface area contributed by atoms with E-state index in [1.54, 1.807) is 0 Å². The second-order valence-corrected chi connectivity index (χ2v) is 2.94. The number of carbonyl (C=O) groups is 1. The second-order valence-electron chi connectivity index (χ2n) is 2.94. The Morgan fingerprint density at radius 3 is 2.21 bits per heavy atom. The van der Waals surface area contributed by atoms with E-state index in [4.69, 9.17) is 0 Å². The summed E-state index contributed by atoms with van der Waals surface area (Å²) in [7, 11) is 4.04. The van der Waals surface area contributed by atoms with Crippen LogP contribution in [0.1, 0.15) is 27.2 Å². The molecule has 0 saturated carbocycles. The Hall–Kier alpha value is -0.770. The minimum atomic E-state index is -0.0729. The molecule has 0 fully saturated rings. The third-order valence-electron chi connectivity index (χ3n) is 1.40. The molecule has 0 radical (unpaired) electrons. The van der Waals surface area contributed by atoms with Gasteiger partial charge < -0.3 is 15.5 Å². The van der Waals surface area contributed by atoms with Gasteiger partial charge in [-0.15, -0.1) is 0 Å². The Morgan fingerprint density at radius 2 is 1.79 bits per heavy atom. The number of urea groups is 1. The van der Waals surface area contributed by atoms with E-state index in [-0.39, 0.29) is 6.03 Å². The van der Waals surface area contributed by atoms with Gasteiger partial charge in [0.15, 0.2) is 0 Å². The molecule has 2 amide bonds.